The molecule has 0 saturated carbocycles. The zero-order chi connectivity index (χ0) is 20.4. The molecule has 146 valence electrons. The molecule has 6 heteroatoms. The highest BCUT2D eigenvalue weighted by atomic mass is 79.9. The molecule has 0 aliphatic carbocycles. The van der Waals surface area contributed by atoms with E-state index in [1.54, 1.807) is 19.0 Å². The topological polar surface area (TPSA) is 41.9 Å². The van der Waals surface area contributed by atoms with Crippen LogP contribution in [0.15, 0.2) is 75.0 Å². The lowest BCUT2D eigenvalue weighted by Gasteiger charge is -2.11. The van der Waals surface area contributed by atoms with Gasteiger partial charge in [-0.05, 0) is 58.4 Å². The number of nitrogens with zero attached hydrogens (tertiary/aromatic N) is 2. The minimum Gasteiger partial charge on any atom is -0.488 e. The fourth-order valence-electron chi connectivity index (χ4n) is 3.14. The van der Waals surface area contributed by atoms with E-state index in [-0.39, 0.29) is 5.91 Å². The van der Waals surface area contributed by atoms with Gasteiger partial charge in [-0.15, -0.1) is 0 Å². The molecule has 0 unspecified atom stereocenters. The first-order valence-corrected chi connectivity index (χ1v) is 10.7. The van der Waals surface area contributed by atoms with Crippen molar-refractivity contribution in [1.29, 1.82) is 0 Å². The van der Waals surface area contributed by atoms with Crippen LogP contribution in [0.25, 0.3) is 16.8 Å². The third-order valence-electron chi connectivity index (χ3n) is 4.66. The SMILES string of the molecule is CN=C1S/C(=C/c2cc(Br)ccc2OCc2ccc3ccccc3c2)C(=O)N1C. The van der Waals surface area contributed by atoms with Gasteiger partial charge in [0.1, 0.15) is 12.4 Å². The van der Waals surface area contributed by atoms with Crippen molar-refractivity contribution >= 4 is 55.6 Å². The normalized spacial score (nSPS) is 16.9. The van der Waals surface area contributed by atoms with Crippen LogP contribution in [0, 0.1) is 0 Å². The van der Waals surface area contributed by atoms with Crippen molar-refractivity contribution in [2.75, 3.05) is 14.1 Å². The van der Waals surface area contributed by atoms with Crippen LogP contribution in [0.2, 0.25) is 0 Å². The number of amides is 1. The van der Waals surface area contributed by atoms with Gasteiger partial charge in [0.25, 0.3) is 5.91 Å². The molecule has 3 aromatic rings. The number of carbonyl (C=O) groups is 1. The summed E-state index contributed by atoms with van der Waals surface area (Å²) in [5.41, 5.74) is 1.94. The number of hydrogen-bond donors (Lipinski definition) is 0. The summed E-state index contributed by atoms with van der Waals surface area (Å²) in [5, 5.41) is 3.09. The summed E-state index contributed by atoms with van der Waals surface area (Å²) >= 11 is 4.88. The standard InChI is InChI=1S/C23H19BrN2O2S/c1-25-23-26(2)22(27)21(29-23)13-18-12-19(24)9-10-20(18)28-14-15-7-8-16-5-3-4-6-17(16)11-15/h3-13H,14H2,1-2H3/b21-13+,25-23?. The number of halogens is 1. The second kappa shape index (κ2) is 8.43. The predicted molar refractivity (Wildman–Crippen MR) is 124 cm³/mol. The zero-order valence-electron chi connectivity index (χ0n) is 16.1. The maximum absolute atomic E-state index is 12.5. The number of carbonyl (C=O) groups excluding carboxylic acids is 1. The van der Waals surface area contributed by atoms with Gasteiger partial charge >= 0.3 is 0 Å². The van der Waals surface area contributed by atoms with Crippen molar-refractivity contribution in [3.05, 3.63) is 81.2 Å². The number of rotatable bonds is 4. The van der Waals surface area contributed by atoms with Crippen molar-refractivity contribution in [2.45, 2.75) is 6.61 Å². The number of thioether (sulfide) groups is 1. The lowest BCUT2D eigenvalue weighted by atomic mass is 10.1. The van der Waals surface area contributed by atoms with Crippen molar-refractivity contribution in [1.82, 2.24) is 4.90 Å². The fraction of sp³-hybridized carbons (Fsp3) is 0.130. The van der Waals surface area contributed by atoms with E-state index in [0.29, 0.717) is 16.7 Å². The highest BCUT2D eigenvalue weighted by Gasteiger charge is 2.30. The molecule has 3 aromatic carbocycles. The molecule has 0 N–H and O–H groups in total. The van der Waals surface area contributed by atoms with E-state index in [4.69, 9.17) is 4.74 Å². The van der Waals surface area contributed by atoms with E-state index in [1.165, 1.54) is 22.5 Å². The van der Waals surface area contributed by atoms with E-state index >= 15 is 0 Å². The van der Waals surface area contributed by atoms with Crippen LogP contribution in [0.3, 0.4) is 0 Å². The Kier molecular flexibility index (Phi) is 5.74. The van der Waals surface area contributed by atoms with Gasteiger partial charge < -0.3 is 4.74 Å². The van der Waals surface area contributed by atoms with E-state index in [2.05, 4.69) is 51.3 Å². The van der Waals surface area contributed by atoms with Crippen molar-refractivity contribution in [2.24, 2.45) is 4.99 Å². The molecule has 1 amide bonds. The molecule has 0 atom stereocenters. The average Bonchev–Trinajstić information content (AvgIpc) is 3.01. The van der Waals surface area contributed by atoms with Gasteiger partial charge in [-0.2, -0.15) is 0 Å². The van der Waals surface area contributed by atoms with Crippen molar-refractivity contribution < 1.29 is 9.53 Å². The van der Waals surface area contributed by atoms with Crippen LogP contribution in [-0.2, 0) is 11.4 Å². The van der Waals surface area contributed by atoms with Crippen molar-refractivity contribution in [3.8, 4) is 5.75 Å². The van der Waals surface area contributed by atoms with Crippen LogP contribution in [0.4, 0.5) is 0 Å². The number of likely N-dealkylation sites (N-methyl/N-ethyl adjacent to an activating group) is 1. The maximum atomic E-state index is 12.5. The summed E-state index contributed by atoms with van der Waals surface area (Å²) in [6.45, 7) is 0.450. The number of hydrogen-bond acceptors (Lipinski definition) is 4. The second-order valence-corrected chi connectivity index (χ2v) is 8.56. The molecule has 0 radical (unpaired) electrons. The summed E-state index contributed by atoms with van der Waals surface area (Å²) in [6.07, 6.45) is 1.86. The minimum atomic E-state index is -0.0592. The lowest BCUT2D eigenvalue weighted by Crippen LogP contribution is -2.23. The van der Waals surface area contributed by atoms with Crippen LogP contribution < -0.4 is 4.74 Å². The Bertz CT molecular complexity index is 1160. The first kappa shape index (κ1) is 19.7. The van der Waals surface area contributed by atoms with Crippen LogP contribution in [-0.4, -0.2) is 30.1 Å². The molecule has 1 heterocycles. The maximum Gasteiger partial charge on any atom is 0.266 e. The summed E-state index contributed by atoms with van der Waals surface area (Å²) in [6, 6.07) is 20.4. The monoisotopic (exact) mass is 466 g/mol. The molecule has 4 nitrogen and oxygen atoms in total. The van der Waals surface area contributed by atoms with Crippen LogP contribution >= 0.6 is 27.7 Å². The Labute approximate surface area is 182 Å². The van der Waals surface area contributed by atoms with Gasteiger partial charge in [0.05, 0.1) is 4.91 Å². The average molecular weight is 467 g/mol. The Morgan fingerprint density at radius 2 is 1.90 bits per heavy atom. The van der Waals surface area contributed by atoms with E-state index < -0.39 is 0 Å². The smallest absolute Gasteiger partial charge is 0.266 e. The molecule has 1 aliphatic rings. The number of fused-ring (bicyclic) bond motifs is 1. The number of amidine groups is 1. The summed E-state index contributed by atoms with van der Waals surface area (Å²) in [5.74, 6) is 0.669. The van der Waals surface area contributed by atoms with Gasteiger partial charge in [0.15, 0.2) is 5.17 Å². The van der Waals surface area contributed by atoms with Crippen LogP contribution in [0.1, 0.15) is 11.1 Å². The molecule has 0 bridgehead atoms. The minimum absolute atomic E-state index is 0.0592. The Morgan fingerprint density at radius 3 is 2.66 bits per heavy atom. The third kappa shape index (κ3) is 4.23. The van der Waals surface area contributed by atoms with Crippen molar-refractivity contribution in [3.63, 3.8) is 0 Å². The van der Waals surface area contributed by atoms with Gasteiger partial charge in [-0.25, -0.2) is 0 Å². The largest absolute Gasteiger partial charge is 0.488 e. The lowest BCUT2D eigenvalue weighted by molar-refractivity contribution is -0.121. The van der Waals surface area contributed by atoms with E-state index in [9.17, 15) is 4.79 Å². The molecule has 0 aromatic heterocycles. The number of aliphatic imine (C=N–C) groups is 1. The van der Waals surface area contributed by atoms with Crippen LogP contribution in [0.5, 0.6) is 5.75 Å². The second-order valence-electron chi connectivity index (χ2n) is 6.63. The van der Waals surface area contributed by atoms with Gasteiger partial charge in [0.2, 0.25) is 0 Å². The highest BCUT2D eigenvalue weighted by Crippen LogP contribution is 2.34. The van der Waals surface area contributed by atoms with Gasteiger partial charge in [-0.1, -0.05) is 52.3 Å². The third-order valence-corrected chi connectivity index (χ3v) is 6.31. The molecular formula is C23H19BrN2O2S. The molecule has 1 aliphatic heterocycles. The van der Waals surface area contributed by atoms with Gasteiger partial charge in [0, 0.05) is 24.1 Å². The number of ether oxygens (including phenoxy) is 1. The molecule has 1 fully saturated rings. The first-order chi connectivity index (χ1) is 14.0. The van der Waals surface area contributed by atoms with E-state index in [0.717, 1.165) is 21.3 Å². The summed E-state index contributed by atoms with van der Waals surface area (Å²) in [7, 11) is 3.42. The first-order valence-electron chi connectivity index (χ1n) is 9.09. The summed E-state index contributed by atoms with van der Waals surface area (Å²) < 4.78 is 7.05. The molecule has 29 heavy (non-hydrogen) atoms. The quantitative estimate of drug-likeness (QED) is 0.462. The zero-order valence-corrected chi connectivity index (χ0v) is 18.5. The molecule has 0 spiro atoms. The predicted octanol–water partition coefficient (Wildman–Crippen LogP) is 5.71. The number of benzene rings is 3. The highest BCUT2D eigenvalue weighted by molar-refractivity contribution is 9.10. The Balaban J connectivity index is 1.60. The Morgan fingerprint density at radius 1 is 1.10 bits per heavy atom. The fourth-order valence-corrected chi connectivity index (χ4v) is 4.44. The van der Waals surface area contributed by atoms with E-state index in [1.807, 2.05) is 36.4 Å². The molecule has 1 saturated heterocycles. The Hall–Kier alpha value is -2.57. The molecule has 4 rings (SSSR count). The summed E-state index contributed by atoms with van der Waals surface area (Å²) in [4.78, 5) is 18.8. The molecular weight excluding hydrogens is 448 g/mol. The van der Waals surface area contributed by atoms with Gasteiger partial charge in [-0.3, -0.25) is 14.7 Å².